The first-order valence-corrected chi connectivity index (χ1v) is 11.9. The summed E-state index contributed by atoms with van der Waals surface area (Å²) in [5, 5.41) is 23.1. The standard InChI is InChI=1S/C19H31BN4O6S/c21-16(9-6-12-20(27)28)24-18(26)19(10-4-5-11-19)17(25)22-13-14-23-31(29,30)15-7-2-1-3-8-15/h1-3,7-8,16,23,27-28H,4-6,9-14,21H2,(H,22,25)(H,24,26). The van der Waals surface area contributed by atoms with Crippen molar-refractivity contribution in [3.8, 4) is 0 Å². The van der Waals surface area contributed by atoms with Gasteiger partial charge in [-0.1, -0.05) is 37.5 Å². The molecule has 1 saturated carbocycles. The summed E-state index contributed by atoms with van der Waals surface area (Å²) in [5.41, 5.74) is 4.68. The molecule has 2 amide bonds. The molecule has 0 aliphatic heterocycles. The molecule has 31 heavy (non-hydrogen) atoms. The van der Waals surface area contributed by atoms with Gasteiger partial charge in [0.1, 0.15) is 5.41 Å². The molecule has 1 atom stereocenters. The molecule has 0 radical (unpaired) electrons. The van der Waals surface area contributed by atoms with E-state index >= 15 is 0 Å². The Morgan fingerprint density at radius 2 is 1.74 bits per heavy atom. The minimum atomic E-state index is -3.67. The molecule has 0 heterocycles. The van der Waals surface area contributed by atoms with E-state index in [0.717, 1.165) is 12.8 Å². The van der Waals surface area contributed by atoms with Gasteiger partial charge in [0, 0.05) is 13.1 Å². The molecule has 0 aromatic heterocycles. The van der Waals surface area contributed by atoms with Gasteiger partial charge in [0.05, 0.1) is 11.1 Å². The third-order valence-electron chi connectivity index (χ3n) is 5.38. The maximum absolute atomic E-state index is 12.8. The SMILES string of the molecule is NC(CCCB(O)O)NC(=O)C1(C(=O)NCCNS(=O)(=O)c2ccccc2)CCCC1. The van der Waals surface area contributed by atoms with Crippen LogP contribution in [0.3, 0.4) is 0 Å². The molecule has 1 unspecified atom stereocenters. The number of hydrogen-bond acceptors (Lipinski definition) is 7. The molecule has 0 bridgehead atoms. The van der Waals surface area contributed by atoms with E-state index in [4.69, 9.17) is 15.8 Å². The molecule has 2 rings (SSSR count). The molecule has 1 aliphatic carbocycles. The predicted molar refractivity (Wildman–Crippen MR) is 116 cm³/mol. The lowest BCUT2D eigenvalue weighted by Gasteiger charge is -2.28. The summed E-state index contributed by atoms with van der Waals surface area (Å²) < 4.78 is 26.9. The van der Waals surface area contributed by atoms with Crippen LogP contribution in [0, 0.1) is 5.41 Å². The van der Waals surface area contributed by atoms with E-state index in [1.54, 1.807) is 18.2 Å². The molecule has 12 heteroatoms. The largest absolute Gasteiger partial charge is 0.451 e. The Hall–Kier alpha value is -1.99. The summed E-state index contributed by atoms with van der Waals surface area (Å²) in [7, 11) is -5.09. The second kappa shape index (κ2) is 11.6. The molecule has 1 aromatic rings. The monoisotopic (exact) mass is 454 g/mol. The normalized spacial score (nSPS) is 16.5. The lowest BCUT2D eigenvalue weighted by atomic mass is 9.82. The second-order valence-electron chi connectivity index (χ2n) is 7.75. The minimum absolute atomic E-state index is 0.0103. The maximum Gasteiger partial charge on any atom is 0.451 e. The van der Waals surface area contributed by atoms with Crippen LogP contribution in [0.5, 0.6) is 0 Å². The Morgan fingerprint density at radius 3 is 2.35 bits per heavy atom. The number of nitrogens with one attached hydrogen (secondary N) is 3. The van der Waals surface area contributed by atoms with Gasteiger partial charge in [0.25, 0.3) is 0 Å². The lowest BCUT2D eigenvalue weighted by Crippen LogP contribution is -2.54. The lowest BCUT2D eigenvalue weighted by molar-refractivity contribution is -0.143. The van der Waals surface area contributed by atoms with Crippen LogP contribution in [-0.2, 0) is 19.6 Å². The molecule has 0 saturated heterocycles. The van der Waals surface area contributed by atoms with Crippen LogP contribution in [0.4, 0.5) is 0 Å². The minimum Gasteiger partial charge on any atom is -0.427 e. The Kier molecular flexibility index (Phi) is 9.44. The van der Waals surface area contributed by atoms with Crippen LogP contribution in [0.25, 0.3) is 0 Å². The number of sulfonamides is 1. The van der Waals surface area contributed by atoms with Gasteiger partial charge in [0.15, 0.2) is 0 Å². The highest BCUT2D eigenvalue weighted by atomic mass is 32.2. The zero-order valence-corrected chi connectivity index (χ0v) is 18.2. The zero-order valence-electron chi connectivity index (χ0n) is 17.4. The topological polar surface area (TPSA) is 171 Å². The Labute approximate surface area is 183 Å². The van der Waals surface area contributed by atoms with E-state index in [2.05, 4.69) is 15.4 Å². The Morgan fingerprint density at radius 1 is 1.10 bits per heavy atom. The van der Waals surface area contributed by atoms with Gasteiger partial charge in [-0.15, -0.1) is 0 Å². The number of nitrogens with two attached hydrogens (primary N) is 1. The summed E-state index contributed by atoms with van der Waals surface area (Å²) in [6.07, 6.45) is 2.46. The van der Waals surface area contributed by atoms with Crippen LogP contribution < -0.4 is 21.1 Å². The van der Waals surface area contributed by atoms with Crippen LogP contribution >= 0.6 is 0 Å². The first kappa shape index (κ1) is 25.3. The molecular formula is C19H31BN4O6S. The van der Waals surface area contributed by atoms with Gasteiger partial charge in [0.2, 0.25) is 21.8 Å². The van der Waals surface area contributed by atoms with Gasteiger partial charge in [-0.3, -0.25) is 9.59 Å². The van der Waals surface area contributed by atoms with E-state index in [0.29, 0.717) is 25.7 Å². The van der Waals surface area contributed by atoms with Gasteiger partial charge < -0.3 is 26.4 Å². The number of amides is 2. The van der Waals surface area contributed by atoms with Gasteiger partial charge in [-0.05, 0) is 37.7 Å². The van der Waals surface area contributed by atoms with E-state index in [1.807, 2.05) is 0 Å². The summed E-state index contributed by atoms with van der Waals surface area (Å²) in [6.45, 7) is 0.0318. The fourth-order valence-electron chi connectivity index (χ4n) is 3.65. The molecule has 172 valence electrons. The van der Waals surface area contributed by atoms with Crippen molar-refractivity contribution in [1.82, 2.24) is 15.4 Å². The van der Waals surface area contributed by atoms with Crippen molar-refractivity contribution in [2.24, 2.45) is 11.1 Å². The number of benzene rings is 1. The van der Waals surface area contributed by atoms with Crippen molar-refractivity contribution in [1.29, 1.82) is 0 Å². The Bertz CT molecular complexity index is 831. The third kappa shape index (κ3) is 7.29. The van der Waals surface area contributed by atoms with Crippen molar-refractivity contribution in [3.63, 3.8) is 0 Å². The van der Waals surface area contributed by atoms with E-state index in [1.165, 1.54) is 12.1 Å². The average Bonchev–Trinajstić information content (AvgIpc) is 3.23. The maximum atomic E-state index is 12.8. The molecule has 10 nitrogen and oxygen atoms in total. The molecule has 1 aliphatic rings. The number of carbonyl (C=O) groups excluding carboxylic acids is 2. The molecule has 1 aromatic carbocycles. The van der Waals surface area contributed by atoms with Crippen molar-refractivity contribution < 1.29 is 28.1 Å². The van der Waals surface area contributed by atoms with E-state index in [9.17, 15) is 18.0 Å². The predicted octanol–water partition coefficient (Wildman–Crippen LogP) is -0.704. The number of hydrogen-bond donors (Lipinski definition) is 6. The number of carbonyl (C=O) groups is 2. The van der Waals surface area contributed by atoms with Crippen molar-refractivity contribution in [2.45, 2.75) is 55.9 Å². The van der Waals surface area contributed by atoms with Crippen LogP contribution in [0.1, 0.15) is 38.5 Å². The highest BCUT2D eigenvalue weighted by molar-refractivity contribution is 7.89. The average molecular weight is 454 g/mol. The van der Waals surface area contributed by atoms with Gasteiger partial charge >= 0.3 is 7.12 Å². The van der Waals surface area contributed by atoms with E-state index in [-0.39, 0.29) is 24.3 Å². The zero-order chi connectivity index (χ0) is 22.9. The van der Waals surface area contributed by atoms with Gasteiger partial charge in [-0.2, -0.15) is 0 Å². The Balaban J connectivity index is 1.86. The fraction of sp³-hybridized carbons (Fsp3) is 0.579. The first-order valence-electron chi connectivity index (χ1n) is 10.4. The van der Waals surface area contributed by atoms with Crippen molar-refractivity contribution in [3.05, 3.63) is 30.3 Å². The van der Waals surface area contributed by atoms with E-state index < -0.39 is 40.5 Å². The smallest absolute Gasteiger partial charge is 0.427 e. The summed E-state index contributed by atoms with van der Waals surface area (Å²) >= 11 is 0. The second-order valence-corrected chi connectivity index (χ2v) is 9.51. The highest BCUT2D eigenvalue weighted by Gasteiger charge is 2.48. The molecule has 1 fully saturated rings. The molecule has 7 N–H and O–H groups in total. The number of rotatable bonds is 12. The molecule has 0 spiro atoms. The highest BCUT2D eigenvalue weighted by Crippen LogP contribution is 2.38. The summed E-state index contributed by atoms with van der Waals surface area (Å²) in [6, 6.07) is 7.91. The van der Waals surface area contributed by atoms with Crippen LogP contribution in [0.15, 0.2) is 35.2 Å². The van der Waals surface area contributed by atoms with Gasteiger partial charge in [-0.25, -0.2) is 13.1 Å². The fourth-order valence-corrected chi connectivity index (χ4v) is 4.70. The summed E-state index contributed by atoms with van der Waals surface area (Å²) in [5.74, 6) is -0.899. The first-order chi connectivity index (χ1) is 14.7. The van der Waals surface area contributed by atoms with Crippen LogP contribution in [0.2, 0.25) is 6.32 Å². The van der Waals surface area contributed by atoms with Crippen molar-refractivity contribution >= 4 is 29.0 Å². The van der Waals surface area contributed by atoms with Crippen molar-refractivity contribution in [2.75, 3.05) is 13.1 Å². The quantitative estimate of drug-likeness (QED) is 0.105. The third-order valence-corrected chi connectivity index (χ3v) is 6.85. The van der Waals surface area contributed by atoms with Crippen LogP contribution in [-0.4, -0.2) is 56.7 Å². The molecular weight excluding hydrogens is 423 g/mol. The summed E-state index contributed by atoms with van der Waals surface area (Å²) in [4.78, 5) is 25.8.